The normalized spacial score (nSPS) is 11.3. The van der Waals surface area contributed by atoms with E-state index in [0.717, 1.165) is 34.7 Å². The lowest BCUT2D eigenvalue weighted by atomic mass is 10.1. The van der Waals surface area contributed by atoms with Gasteiger partial charge in [-0.05, 0) is 25.5 Å². The van der Waals surface area contributed by atoms with Crippen molar-refractivity contribution >= 4 is 5.65 Å². The smallest absolute Gasteiger partial charge is 0.167 e. The zero-order valence-electron chi connectivity index (χ0n) is 14.0. The number of aromatic nitrogens is 6. The van der Waals surface area contributed by atoms with E-state index in [4.69, 9.17) is 0 Å². The Bertz CT molecular complexity index is 1050. The highest BCUT2D eigenvalue weighted by Gasteiger charge is 2.14. The Morgan fingerprint density at radius 3 is 2.84 bits per heavy atom. The van der Waals surface area contributed by atoms with E-state index in [2.05, 4.69) is 27.1 Å². The predicted molar refractivity (Wildman–Crippen MR) is 91.6 cm³/mol. The van der Waals surface area contributed by atoms with Crippen LogP contribution in [0.1, 0.15) is 24.0 Å². The van der Waals surface area contributed by atoms with Gasteiger partial charge in [0.1, 0.15) is 23.8 Å². The molecule has 4 aromatic rings. The van der Waals surface area contributed by atoms with Gasteiger partial charge < -0.3 is 4.57 Å². The number of hydrogen-bond donors (Lipinski definition) is 0. The van der Waals surface area contributed by atoms with E-state index in [1.165, 1.54) is 12.1 Å². The Labute approximate surface area is 144 Å². The average Bonchev–Trinajstić information content (AvgIpc) is 3.22. The quantitative estimate of drug-likeness (QED) is 0.575. The molecule has 0 saturated carbocycles. The third-order valence-electron chi connectivity index (χ3n) is 4.29. The first-order valence-corrected chi connectivity index (χ1v) is 8.12. The van der Waals surface area contributed by atoms with Gasteiger partial charge in [0, 0.05) is 23.5 Å². The largest absolute Gasteiger partial charge is 0.325 e. The van der Waals surface area contributed by atoms with Crippen LogP contribution in [-0.2, 0) is 13.0 Å². The van der Waals surface area contributed by atoms with Crippen LogP contribution in [0.5, 0.6) is 0 Å². The zero-order valence-corrected chi connectivity index (χ0v) is 14.0. The minimum Gasteiger partial charge on any atom is -0.325 e. The van der Waals surface area contributed by atoms with Gasteiger partial charge in [0.15, 0.2) is 5.65 Å². The Kier molecular flexibility index (Phi) is 3.76. The molecular weight excluding hydrogens is 319 g/mol. The second-order valence-electron chi connectivity index (χ2n) is 5.85. The molecule has 25 heavy (non-hydrogen) atoms. The molecule has 0 saturated heterocycles. The molecule has 0 radical (unpaired) electrons. The van der Waals surface area contributed by atoms with Gasteiger partial charge in [-0.25, -0.2) is 14.4 Å². The van der Waals surface area contributed by atoms with E-state index in [1.807, 2.05) is 28.2 Å². The first-order chi connectivity index (χ1) is 12.2. The summed E-state index contributed by atoms with van der Waals surface area (Å²) in [5, 5.41) is 8.40. The van der Waals surface area contributed by atoms with Gasteiger partial charge in [-0.2, -0.15) is 0 Å². The SMILES string of the molecule is CCc1c(Cn2ccnc2-c2cccc(F)c2)ncn2c(C)nnc12. The number of aryl methyl sites for hydroxylation is 2. The van der Waals surface area contributed by atoms with E-state index in [0.29, 0.717) is 12.4 Å². The Balaban J connectivity index is 1.77. The molecule has 0 spiro atoms. The summed E-state index contributed by atoms with van der Waals surface area (Å²) in [6.07, 6.45) is 6.14. The van der Waals surface area contributed by atoms with Gasteiger partial charge in [0.2, 0.25) is 0 Å². The molecule has 3 aromatic heterocycles. The minimum absolute atomic E-state index is 0.278. The Morgan fingerprint density at radius 2 is 2.04 bits per heavy atom. The fourth-order valence-electron chi connectivity index (χ4n) is 3.03. The first kappa shape index (κ1) is 15.4. The highest BCUT2D eigenvalue weighted by Crippen LogP contribution is 2.21. The van der Waals surface area contributed by atoms with Crippen molar-refractivity contribution in [2.75, 3.05) is 0 Å². The summed E-state index contributed by atoms with van der Waals surface area (Å²) in [7, 11) is 0. The van der Waals surface area contributed by atoms with Crippen LogP contribution in [0.2, 0.25) is 0 Å². The summed E-state index contributed by atoms with van der Waals surface area (Å²) in [6, 6.07) is 6.44. The second kappa shape index (κ2) is 6.08. The summed E-state index contributed by atoms with van der Waals surface area (Å²) >= 11 is 0. The number of halogens is 1. The summed E-state index contributed by atoms with van der Waals surface area (Å²) in [5.74, 6) is 1.24. The van der Waals surface area contributed by atoms with E-state index in [1.54, 1.807) is 18.6 Å². The molecule has 126 valence electrons. The van der Waals surface area contributed by atoms with Crippen LogP contribution in [-0.4, -0.2) is 29.1 Å². The molecule has 0 amide bonds. The minimum atomic E-state index is -0.278. The summed E-state index contributed by atoms with van der Waals surface area (Å²) in [6.45, 7) is 4.52. The highest BCUT2D eigenvalue weighted by molar-refractivity contribution is 5.56. The van der Waals surface area contributed by atoms with Gasteiger partial charge in [-0.15, -0.1) is 10.2 Å². The van der Waals surface area contributed by atoms with E-state index < -0.39 is 0 Å². The molecule has 3 heterocycles. The van der Waals surface area contributed by atoms with Gasteiger partial charge in [-0.3, -0.25) is 4.40 Å². The molecule has 6 nitrogen and oxygen atoms in total. The maximum absolute atomic E-state index is 13.5. The molecule has 0 unspecified atom stereocenters. The van der Waals surface area contributed by atoms with Crippen LogP contribution in [0.3, 0.4) is 0 Å². The fourth-order valence-corrected chi connectivity index (χ4v) is 3.03. The molecule has 0 atom stereocenters. The second-order valence-corrected chi connectivity index (χ2v) is 5.85. The van der Waals surface area contributed by atoms with Crippen molar-refractivity contribution in [2.24, 2.45) is 0 Å². The molecule has 4 rings (SSSR count). The van der Waals surface area contributed by atoms with Gasteiger partial charge in [-0.1, -0.05) is 19.1 Å². The molecule has 0 bridgehead atoms. The molecule has 0 fully saturated rings. The average molecular weight is 336 g/mol. The summed E-state index contributed by atoms with van der Waals surface area (Å²) in [5.41, 5.74) is 3.54. The third kappa shape index (κ3) is 2.67. The lowest BCUT2D eigenvalue weighted by Crippen LogP contribution is -2.08. The van der Waals surface area contributed by atoms with Crippen LogP contribution in [0.25, 0.3) is 17.0 Å². The van der Waals surface area contributed by atoms with Crippen molar-refractivity contribution in [2.45, 2.75) is 26.8 Å². The molecule has 0 aliphatic heterocycles. The van der Waals surface area contributed by atoms with Crippen molar-refractivity contribution in [1.29, 1.82) is 0 Å². The number of fused-ring (bicyclic) bond motifs is 1. The number of rotatable bonds is 4. The van der Waals surface area contributed by atoms with Crippen molar-refractivity contribution in [3.05, 3.63) is 65.9 Å². The van der Waals surface area contributed by atoms with Crippen LogP contribution >= 0.6 is 0 Å². The first-order valence-electron chi connectivity index (χ1n) is 8.12. The monoisotopic (exact) mass is 336 g/mol. The number of benzene rings is 1. The highest BCUT2D eigenvalue weighted by atomic mass is 19.1. The topological polar surface area (TPSA) is 60.9 Å². The van der Waals surface area contributed by atoms with Crippen LogP contribution in [0.4, 0.5) is 4.39 Å². The third-order valence-corrected chi connectivity index (χ3v) is 4.29. The summed E-state index contributed by atoms with van der Waals surface area (Å²) < 4.78 is 17.4. The Hall–Kier alpha value is -3.09. The molecule has 1 aromatic carbocycles. The number of imidazole rings is 1. The molecule has 0 aliphatic carbocycles. The van der Waals surface area contributed by atoms with Gasteiger partial charge in [0.05, 0.1) is 12.2 Å². The van der Waals surface area contributed by atoms with E-state index in [9.17, 15) is 4.39 Å². The van der Waals surface area contributed by atoms with Crippen molar-refractivity contribution in [3.63, 3.8) is 0 Å². The van der Waals surface area contributed by atoms with Crippen LogP contribution in [0, 0.1) is 12.7 Å². The summed E-state index contributed by atoms with van der Waals surface area (Å²) in [4.78, 5) is 8.98. The van der Waals surface area contributed by atoms with Crippen LogP contribution in [0.15, 0.2) is 43.0 Å². The lowest BCUT2D eigenvalue weighted by molar-refractivity contribution is 0.628. The maximum Gasteiger partial charge on any atom is 0.167 e. The van der Waals surface area contributed by atoms with Crippen molar-refractivity contribution in [1.82, 2.24) is 29.1 Å². The Morgan fingerprint density at radius 1 is 1.16 bits per heavy atom. The maximum atomic E-state index is 13.5. The van der Waals surface area contributed by atoms with Crippen molar-refractivity contribution < 1.29 is 4.39 Å². The lowest BCUT2D eigenvalue weighted by Gasteiger charge is -2.11. The molecule has 7 heteroatoms. The number of hydrogen-bond acceptors (Lipinski definition) is 4. The zero-order chi connectivity index (χ0) is 17.4. The van der Waals surface area contributed by atoms with E-state index >= 15 is 0 Å². The van der Waals surface area contributed by atoms with Crippen molar-refractivity contribution in [3.8, 4) is 11.4 Å². The fraction of sp³-hybridized carbons (Fsp3) is 0.222. The number of nitrogens with zero attached hydrogens (tertiary/aromatic N) is 6. The predicted octanol–water partition coefficient (Wildman–Crippen LogP) is 3.05. The molecule has 0 N–H and O–H groups in total. The van der Waals surface area contributed by atoms with Gasteiger partial charge in [0.25, 0.3) is 0 Å². The molecule has 0 aliphatic rings. The standard InChI is InChI=1S/C18H17FN6/c1-3-15-16(21-11-25-12(2)22-23-18(15)25)10-24-8-7-20-17(24)13-5-4-6-14(19)9-13/h4-9,11H,3,10H2,1-2H3. The van der Waals surface area contributed by atoms with Crippen LogP contribution < -0.4 is 0 Å². The molecular formula is C18H17FN6. The van der Waals surface area contributed by atoms with Gasteiger partial charge >= 0.3 is 0 Å². The van der Waals surface area contributed by atoms with E-state index in [-0.39, 0.29) is 5.82 Å².